The Bertz CT molecular complexity index is 1250. The summed E-state index contributed by atoms with van der Waals surface area (Å²) in [7, 11) is 2.16. The molecule has 1 fully saturated rings. The van der Waals surface area contributed by atoms with Gasteiger partial charge in [0.25, 0.3) is 5.91 Å². The van der Waals surface area contributed by atoms with Crippen LogP contribution in [0.2, 0.25) is 0 Å². The van der Waals surface area contributed by atoms with Crippen LogP contribution in [-0.2, 0) is 6.54 Å². The highest BCUT2D eigenvalue weighted by atomic mass is 16.1. The lowest BCUT2D eigenvalue weighted by atomic mass is 10.1. The number of nitrogens with zero attached hydrogens (tertiary/aromatic N) is 5. The fourth-order valence-corrected chi connectivity index (χ4v) is 4.26. The van der Waals surface area contributed by atoms with Crippen LogP contribution < -0.4 is 15.8 Å². The summed E-state index contributed by atoms with van der Waals surface area (Å²) in [5.74, 6) is 0.448. The SMILES string of the molecule is C=CC(=Nc1cc(NC(=O)c2ccc(CN3CCN(C)CC3)cc2)ccc1C)NN(CC)c1cccnc1. The fourth-order valence-electron chi connectivity index (χ4n) is 4.26. The van der Waals surface area contributed by atoms with Crippen LogP contribution >= 0.6 is 0 Å². The van der Waals surface area contributed by atoms with Gasteiger partial charge in [-0.05, 0) is 74.5 Å². The minimum atomic E-state index is -0.147. The summed E-state index contributed by atoms with van der Waals surface area (Å²) in [4.78, 5) is 26.7. The van der Waals surface area contributed by atoms with Crippen LogP contribution in [0.5, 0.6) is 0 Å². The highest BCUT2D eigenvalue weighted by Gasteiger charge is 2.14. The van der Waals surface area contributed by atoms with Gasteiger partial charge < -0.3 is 10.2 Å². The van der Waals surface area contributed by atoms with E-state index in [4.69, 9.17) is 4.99 Å². The van der Waals surface area contributed by atoms with Crippen molar-refractivity contribution < 1.29 is 4.79 Å². The molecule has 1 amide bonds. The normalized spacial score (nSPS) is 14.7. The number of aryl methyl sites for hydroxylation is 1. The van der Waals surface area contributed by atoms with E-state index in [2.05, 4.69) is 39.2 Å². The van der Waals surface area contributed by atoms with Crippen LogP contribution in [0.1, 0.15) is 28.4 Å². The number of benzene rings is 2. The monoisotopic (exact) mass is 511 g/mol. The van der Waals surface area contributed by atoms with Crippen molar-refractivity contribution in [2.75, 3.05) is 50.1 Å². The third-order valence-electron chi connectivity index (χ3n) is 6.64. The number of amides is 1. The van der Waals surface area contributed by atoms with Gasteiger partial charge in [-0.3, -0.25) is 25.1 Å². The Morgan fingerprint density at radius 2 is 1.89 bits per heavy atom. The van der Waals surface area contributed by atoms with Crippen molar-refractivity contribution in [2.45, 2.75) is 20.4 Å². The van der Waals surface area contributed by atoms with E-state index >= 15 is 0 Å². The van der Waals surface area contributed by atoms with Gasteiger partial charge in [-0.2, -0.15) is 0 Å². The molecule has 0 bridgehead atoms. The van der Waals surface area contributed by atoms with Crippen LogP contribution in [0.25, 0.3) is 0 Å². The second-order valence-electron chi connectivity index (χ2n) is 9.50. The van der Waals surface area contributed by atoms with Gasteiger partial charge in [0.1, 0.15) is 5.84 Å². The average molecular weight is 512 g/mol. The van der Waals surface area contributed by atoms with Gasteiger partial charge in [-0.15, -0.1) is 0 Å². The Kier molecular flexibility index (Phi) is 9.24. The van der Waals surface area contributed by atoms with Crippen LogP contribution in [0.15, 0.2) is 84.6 Å². The summed E-state index contributed by atoms with van der Waals surface area (Å²) in [6.45, 7) is 13.9. The number of likely N-dealkylation sites (N-methyl/N-ethyl adjacent to an activating group) is 1. The molecule has 8 nitrogen and oxygen atoms in total. The van der Waals surface area contributed by atoms with E-state index in [1.165, 1.54) is 5.56 Å². The van der Waals surface area contributed by atoms with Crippen molar-refractivity contribution in [2.24, 2.45) is 4.99 Å². The van der Waals surface area contributed by atoms with Gasteiger partial charge in [-0.25, -0.2) is 4.99 Å². The number of aliphatic imine (C=N–C) groups is 1. The zero-order valence-corrected chi connectivity index (χ0v) is 22.5. The first-order chi connectivity index (χ1) is 18.4. The Balaban J connectivity index is 1.42. The molecule has 3 aromatic rings. The van der Waals surface area contributed by atoms with Gasteiger partial charge in [0.05, 0.1) is 17.6 Å². The molecule has 2 heterocycles. The highest BCUT2D eigenvalue weighted by Crippen LogP contribution is 2.24. The number of amidine groups is 1. The quantitative estimate of drug-likeness (QED) is 0.248. The molecule has 0 saturated carbocycles. The number of hydrazine groups is 1. The summed E-state index contributed by atoms with van der Waals surface area (Å²) in [6, 6.07) is 17.5. The molecule has 0 atom stereocenters. The third-order valence-corrected chi connectivity index (χ3v) is 6.64. The molecule has 1 saturated heterocycles. The molecular weight excluding hydrogens is 474 g/mol. The minimum absolute atomic E-state index is 0.147. The molecule has 0 unspecified atom stereocenters. The van der Waals surface area contributed by atoms with E-state index in [1.807, 2.05) is 73.5 Å². The molecule has 1 aromatic heterocycles. The molecule has 1 aliphatic heterocycles. The molecule has 8 heteroatoms. The van der Waals surface area contributed by atoms with Crippen LogP contribution in [0, 0.1) is 6.92 Å². The first-order valence-corrected chi connectivity index (χ1v) is 13.0. The fraction of sp³-hybridized carbons (Fsp3) is 0.300. The number of carbonyl (C=O) groups excluding carboxylic acids is 1. The maximum absolute atomic E-state index is 13.0. The number of piperazine rings is 1. The van der Waals surface area contributed by atoms with E-state index in [-0.39, 0.29) is 5.91 Å². The van der Waals surface area contributed by atoms with Crippen molar-refractivity contribution in [3.05, 3.63) is 96.3 Å². The van der Waals surface area contributed by atoms with Gasteiger partial charge in [0.2, 0.25) is 0 Å². The van der Waals surface area contributed by atoms with Gasteiger partial charge >= 0.3 is 0 Å². The number of pyridine rings is 1. The van der Waals surface area contributed by atoms with Crippen molar-refractivity contribution in [3.63, 3.8) is 0 Å². The van der Waals surface area contributed by atoms with Crippen molar-refractivity contribution in [1.82, 2.24) is 20.2 Å². The van der Waals surface area contributed by atoms with Crippen LogP contribution in [0.3, 0.4) is 0 Å². The third kappa shape index (κ3) is 7.27. The molecule has 0 spiro atoms. The first kappa shape index (κ1) is 27.0. The lowest BCUT2D eigenvalue weighted by Gasteiger charge is -2.32. The standard InChI is InChI=1S/C30H37N7O/c1-5-29(34-37(6-2)27-8-7-15-31-21-27)33-28-20-26(14-9-23(28)3)32-30(38)25-12-10-24(11-13-25)22-36-18-16-35(4)17-19-36/h5,7-15,20-21H,1,6,16-19,22H2,2-4H3,(H,32,38)(H,33,34). The van der Waals surface area contributed by atoms with Crippen LogP contribution in [-0.4, -0.2) is 66.3 Å². The molecule has 4 rings (SSSR count). The summed E-state index contributed by atoms with van der Waals surface area (Å²) >= 11 is 0. The number of carbonyl (C=O) groups is 1. The predicted molar refractivity (Wildman–Crippen MR) is 156 cm³/mol. The maximum atomic E-state index is 13.0. The Morgan fingerprint density at radius 3 is 2.55 bits per heavy atom. The molecule has 1 aliphatic rings. The summed E-state index contributed by atoms with van der Waals surface area (Å²) in [6.07, 6.45) is 5.21. The average Bonchev–Trinajstić information content (AvgIpc) is 2.94. The zero-order valence-electron chi connectivity index (χ0n) is 22.5. The number of hydrogen-bond acceptors (Lipinski definition) is 6. The topological polar surface area (TPSA) is 76.1 Å². The van der Waals surface area contributed by atoms with Crippen molar-refractivity contribution >= 4 is 28.8 Å². The Hall–Kier alpha value is -4.01. The van der Waals surface area contributed by atoms with E-state index < -0.39 is 0 Å². The molecule has 2 N–H and O–H groups in total. The molecule has 0 radical (unpaired) electrons. The lowest BCUT2D eigenvalue weighted by molar-refractivity contribution is 0.102. The minimum Gasteiger partial charge on any atom is -0.322 e. The van der Waals surface area contributed by atoms with E-state index in [0.717, 1.165) is 49.7 Å². The van der Waals surface area contributed by atoms with E-state index in [1.54, 1.807) is 18.5 Å². The van der Waals surface area contributed by atoms with Gasteiger partial charge in [0.15, 0.2) is 0 Å². The molecule has 0 aliphatic carbocycles. The second-order valence-corrected chi connectivity index (χ2v) is 9.50. The van der Waals surface area contributed by atoms with E-state index in [9.17, 15) is 4.79 Å². The van der Waals surface area contributed by atoms with Crippen molar-refractivity contribution in [3.8, 4) is 0 Å². The smallest absolute Gasteiger partial charge is 0.255 e. The Labute approximate surface area is 225 Å². The summed E-state index contributed by atoms with van der Waals surface area (Å²) < 4.78 is 0. The zero-order chi connectivity index (χ0) is 26.9. The summed E-state index contributed by atoms with van der Waals surface area (Å²) in [5, 5.41) is 4.96. The largest absolute Gasteiger partial charge is 0.322 e. The van der Waals surface area contributed by atoms with Gasteiger partial charge in [-0.1, -0.05) is 24.8 Å². The number of rotatable bonds is 9. The second kappa shape index (κ2) is 13.0. The molecule has 38 heavy (non-hydrogen) atoms. The van der Waals surface area contributed by atoms with E-state index in [0.29, 0.717) is 23.6 Å². The van der Waals surface area contributed by atoms with Gasteiger partial charge in [0, 0.05) is 56.7 Å². The van der Waals surface area contributed by atoms with Crippen molar-refractivity contribution in [1.29, 1.82) is 0 Å². The lowest BCUT2D eigenvalue weighted by Crippen LogP contribution is -2.43. The maximum Gasteiger partial charge on any atom is 0.255 e. The number of aromatic nitrogens is 1. The Morgan fingerprint density at radius 1 is 1.13 bits per heavy atom. The highest BCUT2D eigenvalue weighted by molar-refractivity contribution is 6.04. The first-order valence-electron chi connectivity index (χ1n) is 13.0. The summed E-state index contributed by atoms with van der Waals surface area (Å²) in [5.41, 5.74) is 8.49. The number of hydrogen-bond donors (Lipinski definition) is 2. The number of anilines is 2. The molecule has 198 valence electrons. The molecular formula is C30H37N7O. The van der Waals surface area contributed by atoms with Crippen LogP contribution in [0.4, 0.5) is 17.1 Å². The number of nitrogens with one attached hydrogen (secondary N) is 2. The molecule has 2 aromatic carbocycles. The predicted octanol–water partition coefficient (Wildman–Crippen LogP) is 4.64.